The first-order chi connectivity index (χ1) is 10.3. The van der Waals surface area contributed by atoms with E-state index in [1.165, 1.54) is 23.7 Å². The van der Waals surface area contributed by atoms with Crippen molar-refractivity contribution in [2.24, 2.45) is 5.92 Å². The number of benzene rings is 1. The van der Waals surface area contributed by atoms with Gasteiger partial charge in [-0.1, -0.05) is 25.1 Å². The summed E-state index contributed by atoms with van der Waals surface area (Å²) in [5, 5.41) is 1.20. The molecule has 0 amide bonds. The summed E-state index contributed by atoms with van der Waals surface area (Å²) in [6.07, 6.45) is 5.18. The van der Waals surface area contributed by atoms with Crippen LogP contribution in [0, 0.1) is 5.92 Å². The summed E-state index contributed by atoms with van der Waals surface area (Å²) < 4.78 is 2.43. The van der Waals surface area contributed by atoms with Gasteiger partial charge >= 0.3 is 0 Å². The predicted molar refractivity (Wildman–Crippen MR) is 86.9 cm³/mol. The molecule has 2 aromatic heterocycles. The summed E-state index contributed by atoms with van der Waals surface area (Å²) in [6, 6.07) is 8.89. The highest BCUT2D eigenvalue weighted by molar-refractivity contribution is 6.18. The maximum Gasteiger partial charge on any atom is 0.111 e. The van der Waals surface area contributed by atoms with Gasteiger partial charge in [-0.3, -0.25) is 4.98 Å². The molecule has 1 fully saturated rings. The van der Waals surface area contributed by atoms with Gasteiger partial charge in [0.15, 0.2) is 0 Å². The van der Waals surface area contributed by atoms with E-state index in [4.69, 9.17) is 16.6 Å². The maximum atomic E-state index is 5.98. The molecule has 0 spiro atoms. The molecule has 1 aromatic carbocycles. The number of halogens is 1. The molecule has 1 aliphatic rings. The lowest BCUT2D eigenvalue weighted by Gasteiger charge is -2.35. The van der Waals surface area contributed by atoms with E-state index in [-0.39, 0.29) is 0 Å². The van der Waals surface area contributed by atoms with Gasteiger partial charge in [0, 0.05) is 23.7 Å². The van der Waals surface area contributed by atoms with Crippen LogP contribution in [-0.4, -0.2) is 20.4 Å². The molecule has 3 nitrogen and oxygen atoms in total. The van der Waals surface area contributed by atoms with Crippen LogP contribution in [-0.2, 0) is 6.42 Å². The zero-order valence-corrected chi connectivity index (χ0v) is 12.8. The van der Waals surface area contributed by atoms with Crippen LogP contribution >= 0.6 is 11.6 Å². The second-order valence-electron chi connectivity index (χ2n) is 6.08. The lowest BCUT2D eigenvalue weighted by Crippen LogP contribution is -2.26. The minimum absolute atomic E-state index is 0.564. The number of aryl methyl sites for hydroxylation is 1. The van der Waals surface area contributed by atoms with Crippen molar-refractivity contribution in [1.29, 1.82) is 0 Å². The number of imidazole rings is 1. The van der Waals surface area contributed by atoms with Crippen molar-refractivity contribution in [3.05, 3.63) is 36.3 Å². The number of nitrogens with zero attached hydrogens (tertiary/aromatic N) is 3. The second-order valence-corrected chi connectivity index (χ2v) is 6.45. The Balaban J connectivity index is 2.01. The van der Waals surface area contributed by atoms with Gasteiger partial charge in [0.25, 0.3) is 0 Å². The van der Waals surface area contributed by atoms with Gasteiger partial charge in [-0.2, -0.15) is 0 Å². The summed E-state index contributed by atoms with van der Waals surface area (Å²) in [7, 11) is 0. The molecule has 108 valence electrons. The molecule has 1 saturated carbocycles. The van der Waals surface area contributed by atoms with Crippen LogP contribution in [0.1, 0.15) is 31.6 Å². The predicted octanol–water partition coefficient (Wildman–Crippen LogP) is 4.34. The van der Waals surface area contributed by atoms with Crippen molar-refractivity contribution in [3.8, 4) is 0 Å². The Labute approximate surface area is 129 Å². The van der Waals surface area contributed by atoms with Crippen molar-refractivity contribution in [2.45, 2.75) is 32.2 Å². The van der Waals surface area contributed by atoms with Gasteiger partial charge in [-0.25, -0.2) is 4.98 Å². The third-order valence-electron chi connectivity index (χ3n) is 4.53. The van der Waals surface area contributed by atoms with E-state index in [1.807, 2.05) is 12.3 Å². The van der Waals surface area contributed by atoms with E-state index in [2.05, 4.69) is 34.7 Å². The van der Waals surface area contributed by atoms with Gasteiger partial charge in [-0.05, 0) is 24.8 Å². The van der Waals surface area contributed by atoms with Crippen LogP contribution < -0.4 is 0 Å². The van der Waals surface area contributed by atoms with E-state index in [0.29, 0.717) is 11.9 Å². The molecule has 0 saturated heterocycles. The first kappa shape index (κ1) is 13.1. The molecule has 1 aliphatic carbocycles. The number of pyridine rings is 1. The minimum Gasteiger partial charge on any atom is -0.324 e. The highest BCUT2D eigenvalue weighted by Crippen LogP contribution is 2.41. The Morgan fingerprint density at radius 2 is 2.05 bits per heavy atom. The molecule has 0 radical (unpaired) electrons. The fraction of sp³-hybridized carbons (Fsp3) is 0.412. The average Bonchev–Trinajstić information content (AvgIpc) is 2.82. The monoisotopic (exact) mass is 299 g/mol. The molecule has 3 aromatic rings. The maximum absolute atomic E-state index is 5.98. The molecule has 2 heterocycles. The second kappa shape index (κ2) is 4.99. The smallest absolute Gasteiger partial charge is 0.111 e. The number of aromatic nitrogens is 3. The van der Waals surface area contributed by atoms with Gasteiger partial charge in [0.05, 0.1) is 17.2 Å². The zero-order valence-electron chi connectivity index (χ0n) is 12.1. The first-order valence-corrected chi connectivity index (χ1v) is 8.12. The highest BCUT2D eigenvalue weighted by Gasteiger charge is 2.30. The van der Waals surface area contributed by atoms with E-state index in [1.54, 1.807) is 0 Å². The molecule has 21 heavy (non-hydrogen) atoms. The van der Waals surface area contributed by atoms with E-state index in [9.17, 15) is 0 Å². The number of alkyl halides is 1. The molecule has 0 bridgehead atoms. The average molecular weight is 300 g/mol. The van der Waals surface area contributed by atoms with Crippen LogP contribution in [0.5, 0.6) is 0 Å². The molecular weight excluding hydrogens is 282 g/mol. The highest BCUT2D eigenvalue weighted by atomic mass is 35.5. The van der Waals surface area contributed by atoms with Crippen molar-refractivity contribution in [2.75, 3.05) is 5.88 Å². The lowest BCUT2D eigenvalue weighted by atomic mass is 9.81. The van der Waals surface area contributed by atoms with Crippen molar-refractivity contribution in [3.63, 3.8) is 0 Å². The van der Waals surface area contributed by atoms with Crippen molar-refractivity contribution < 1.29 is 0 Å². The molecule has 0 unspecified atom stereocenters. The fourth-order valence-electron chi connectivity index (χ4n) is 3.50. The molecule has 0 aliphatic heterocycles. The Kier molecular flexibility index (Phi) is 3.11. The number of hydrogen-bond donors (Lipinski definition) is 0. The van der Waals surface area contributed by atoms with E-state index >= 15 is 0 Å². The molecule has 4 heteroatoms. The van der Waals surface area contributed by atoms with Crippen LogP contribution in [0.2, 0.25) is 0 Å². The van der Waals surface area contributed by atoms with Gasteiger partial charge < -0.3 is 4.57 Å². The summed E-state index contributed by atoms with van der Waals surface area (Å²) in [6.45, 7) is 2.32. The van der Waals surface area contributed by atoms with Gasteiger partial charge in [0.2, 0.25) is 0 Å². The van der Waals surface area contributed by atoms with E-state index in [0.717, 1.165) is 29.2 Å². The van der Waals surface area contributed by atoms with Crippen LogP contribution in [0.15, 0.2) is 30.5 Å². The Morgan fingerprint density at radius 1 is 1.24 bits per heavy atom. The van der Waals surface area contributed by atoms with Crippen molar-refractivity contribution >= 4 is 33.5 Å². The van der Waals surface area contributed by atoms with E-state index < -0.39 is 0 Å². The quantitative estimate of drug-likeness (QED) is 0.674. The molecule has 0 atom stereocenters. The number of rotatable bonds is 3. The summed E-state index contributed by atoms with van der Waals surface area (Å²) >= 11 is 5.98. The normalized spacial score (nSPS) is 21.8. The van der Waals surface area contributed by atoms with Gasteiger partial charge in [-0.15, -0.1) is 11.6 Å². The van der Waals surface area contributed by atoms with Crippen LogP contribution in [0.4, 0.5) is 0 Å². The Bertz CT molecular complexity index is 802. The number of para-hydroxylation sites is 1. The molecule has 4 rings (SSSR count). The minimum atomic E-state index is 0.564. The lowest BCUT2D eigenvalue weighted by molar-refractivity contribution is 0.217. The molecule has 0 N–H and O–H groups in total. The van der Waals surface area contributed by atoms with Gasteiger partial charge in [0.1, 0.15) is 11.3 Å². The first-order valence-electron chi connectivity index (χ1n) is 7.58. The molecular formula is C17H18ClN3. The summed E-state index contributed by atoms with van der Waals surface area (Å²) in [5.74, 6) is 2.52. The Hall–Kier alpha value is -1.61. The topological polar surface area (TPSA) is 30.7 Å². The fourth-order valence-corrected chi connectivity index (χ4v) is 3.67. The zero-order chi connectivity index (χ0) is 14.4. The standard InChI is InChI=1S/C17H18ClN3/c1-11-8-12(9-11)21-16(6-7-18)20-15-10-19-14-5-3-2-4-13(14)17(15)21/h2-5,10-12H,6-9H2,1H3. The largest absolute Gasteiger partial charge is 0.324 e. The van der Waals surface area contributed by atoms with Crippen molar-refractivity contribution in [1.82, 2.24) is 14.5 Å². The number of fused-ring (bicyclic) bond motifs is 3. The summed E-state index contributed by atoms with van der Waals surface area (Å²) in [5.41, 5.74) is 3.27. The van der Waals surface area contributed by atoms with Crippen LogP contribution in [0.3, 0.4) is 0 Å². The third kappa shape index (κ3) is 2.03. The Morgan fingerprint density at radius 3 is 2.81 bits per heavy atom. The summed E-state index contributed by atoms with van der Waals surface area (Å²) in [4.78, 5) is 9.33. The third-order valence-corrected chi connectivity index (χ3v) is 4.72. The number of hydrogen-bond acceptors (Lipinski definition) is 2. The SMILES string of the molecule is CC1CC(n2c(CCCl)nc3cnc4ccccc4c32)C1. The van der Waals surface area contributed by atoms with Crippen LogP contribution in [0.25, 0.3) is 21.9 Å².